The molecule has 1 aromatic carbocycles. The van der Waals surface area contributed by atoms with Gasteiger partial charge in [0.15, 0.2) is 0 Å². The van der Waals surface area contributed by atoms with Crippen molar-refractivity contribution in [2.45, 2.75) is 6.54 Å². The third kappa shape index (κ3) is 4.40. The van der Waals surface area contributed by atoms with Gasteiger partial charge in [0.2, 0.25) is 0 Å². The smallest absolute Gasteiger partial charge is 0.269 e. The Kier molecular flexibility index (Phi) is 5.68. The average Bonchev–Trinajstić information content (AvgIpc) is 2.75. The van der Waals surface area contributed by atoms with Crippen LogP contribution in [0.3, 0.4) is 0 Å². The van der Waals surface area contributed by atoms with E-state index >= 15 is 0 Å². The Morgan fingerprint density at radius 1 is 0.929 bits per heavy atom. The van der Waals surface area contributed by atoms with E-state index in [0.717, 1.165) is 70.5 Å². The number of rotatable bonds is 5. The minimum absolute atomic E-state index is 0.128. The summed E-state index contributed by atoms with van der Waals surface area (Å²) in [5, 5.41) is 10.8. The summed E-state index contributed by atoms with van der Waals surface area (Å²) in [6, 6.07) is 11.1. The van der Waals surface area contributed by atoms with E-state index < -0.39 is 0 Å². The zero-order chi connectivity index (χ0) is 19.3. The van der Waals surface area contributed by atoms with E-state index in [2.05, 4.69) is 31.8 Å². The van der Waals surface area contributed by atoms with E-state index in [1.54, 1.807) is 12.1 Å². The monoisotopic (exact) mass is 383 g/mol. The van der Waals surface area contributed by atoms with Crippen LogP contribution in [-0.4, -0.2) is 67.3 Å². The van der Waals surface area contributed by atoms with Crippen LogP contribution in [0.5, 0.6) is 0 Å². The molecule has 4 rings (SSSR count). The van der Waals surface area contributed by atoms with Crippen molar-refractivity contribution in [3.8, 4) is 0 Å². The van der Waals surface area contributed by atoms with Crippen molar-refractivity contribution in [3.63, 3.8) is 0 Å². The van der Waals surface area contributed by atoms with Gasteiger partial charge in [0, 0.05) is 69.8 Å². The summed E-state index contributed by atoms with van der Waals surface area (Å²) in [4.78, 5) is 22.0. The molecule has 2 aromatic rings. The quantitative estimate of drug-likeness (QED) is 0.578. The molecule has 2 aliphatic heterocycles. The predicted octanol–water partition coefficient (Wildman–Crippen LogP) is 2.15. The Hall–Kier alpha value is -2.71. The summed E-state index contributed by atoms with van der Waals surface area (Å²) in [5.41, 5.74) is 2.39. The number of piperazine rings is 1. The lowest BCUT2D eigenvalue weighted by atomic mass is 10.2. The van der Waals surface area contributed by atoms with E-state index in [0.29, 0.717) is 0 Å². The van der Waals surface area contributed by atoms with Gasteiger partial charge in [-0.25, -0.2) is 4.98 Å². The number of pyridine rings is 1. The van der Waals surface area contributed by atoms with Crippen LogP contribution in [0.15, 0.2) is 42.6 Å². The minimum atomic E-state index is -0.365. The zero-order valence-corrected chi connectivity index (χ0v) is 15.9. The number of hydrogen-bond donors (Lipinski definition) is 0. The summed E-state index contributed by atoms with van der Waals surface area (Å²) in [6.45, 7) is 8.00. The molecular formula is C20H25N5O3. The second-order valence-electron chi connectivity index (χ2n) is 7.16. The maximum absolute atomic E-state index is 10.8. The maximum Gasteiger partial charge on any atom is 0.269 e. The summed E-state index contributed by atoms with van der Waals surface area (Å²) in [7, 11) is 0. The number of non-ortho nitro benzene ring substituents is 1. The van der Waals surface area contributed by atoms with E-state index in [9.17, 15) is 10.1 Å². The SMILES string of the molecule is O=[N+]([O-])c1ccc(N2CCN(c3ccc(CN4CCOCC4)cn3)CC2)cc1. The minimum Gasteiger partial charge on any atom is -0.379 e. The third-order valence-electron chi connectivity index (χ3n) is 5.35. The topological polar surface area (TPSA) is 75.0 Å². The normalized spacial score (nSPS) is 18.3. The molecule has 1 aromatic heterocycles. The zero-order valence-electron chi connectivity index (χ0n) is 15.9. The van der Waals surface area contributed by atoms with Gasteiger partial charge >= 0.3 is 0 Å². The number of aromatic nitrogens is 1. The molecule has 8 nitrogen and oxygen atoms in total. The van der Waals surface area contributed by atoms with Gasteiger partial charge in [0.25, 0.3) is 5.69 Å². The molecular weight excluding hydrogens is 358 g/mol. The number of nitro groups is 1. The molecule has 0 unspecified atom stereocenters. The number of benzene rings is 1. The fourth-order valence-corrected chi connectivity index (χ4v) is 3.69. The lowest BCUT2D eigenvalue weighted by Gasteiger charge is -2.36. The molecule has 2 fully saturated rings. The van der Waals surface area contributed by atoms with Gasteiger partial charge < -0.3 is 14.5 Å². The molecule has 0 N–H and O–H groups in total. The van der Waals surface area contributed by atoms with Gasteiger partial charge in [0.1, 0.15) is 5.82 Å². The molecule has 2 aliphatic rings. The highest BCUT2D eigenvalue weighted by atomic mass is 16.6. The Bertz CT molecular complexity index is 782. The Morgan fingerprint density at radius 2 is 1.61 bits per heavy atom. The van der Waals surface area contributed by atoms with Crippen molar-refractivity contribution < 1.29 is 9.66 Å². The molecule has 0 aliphatic carbocycles. The fraction of sp³-hybridized carbons (Fsp3) is 0.450. The molecule has 0 atom stereocenters. The van der Waals surface area contributed by atoms with Crippen LogP contribution < -0.4 is 9.80 Å². The molecule has 0 amide bonds. The first kappa shape index (κ1) is 18.6. The lowest BCUT2D eigenvalue weighted by Crippen LogP contribution is -2.46. The van der Waals surface area contributed by atoms with Gasteiger partial charge in [-0.1, -0.05) is 6.07 Å². The number of nitro benzene ring substituents is 1. The van der Waals surface area contributed by atoms with Crippen LogP contribution in [0.4, 0.5) is 17.2 Å². The molecule has 2 saturated heterocycles. The molecule has 28 heavy (non-hydrogen) atoms. The van der Waals surface area contributed by atoms with Crippen molar-refractivity contribution in [3.05, 3.63) is 58.3 Å². The number of hydrogen-bond acceptors (Lipinski definition) is 7. The van der Waals surface area contributed by atoms with Crippen molar-refractivity contribution in [2.24, 2.45) is 0 Å². The molecule has 0 spiro atoms. The van der Waals surface area contributed by atoms with Crippen molar-refractivity contribution >= 4 is 17.2 Å². The second kappa shape index (κ2) is 8.53. The summed E-state index contributed by atoms with van der Waals surface area (Å²) in [6.07, 6.45) is 1.98. The van der Waals surface area contributed by atoms with Crippen LogP contribution in [-0.2, 0) is 11.3 Å². The first-order chi connectivity index (χ1) is 13.7. The second-order valence-corrected chi connectivity index (χ2v) is 7.16. The van der Waals surface area contributed by atoms with Crippen LogP contribution in [0, 0.1) is 10.1 Å². The van der Waals surface area contributed by atoms with Crippen molar-refractivity contribution in [1.82, 2.24) is 9.88 Å². The highest BCUT2D eigenvalue weighted by molar-refractivity contribution is 5.52. The van der Waals surface area contributed by atoms with Gasteiger partial charge in [-0.2, -0.15) is 0 Å². The first-order valence-corrected chi connectivity index (χ1v) is 9.68. The molecule has 3 heterocycles. The maximum atomic E-state index is 10.8. The van der Waals surface area contributed by atoms with Crippen LogP contribution >= 0.6 is 0 Å². The first-order valence-electron chi connectivity index (χ1n) is 9.68. The van der Waals surface area contributed by atoms with E-state index in [4.69, 9.17) is 4.74 Å². The van der Waals surface area contributed by atoms with E-state index in [1.165, 1.54) is 5.56 Å². The molecule has 148 valence electrons. The Balaban J connectivity index is 1.31. The molecule has 0 bridgehead atoms. The van der Waals surface area contributed by atoms with Crippen LogP contribution in [0.2, 0.25) is 0 Å². The number of anilines is 2. The summed E-state index contributed by atoms with van der Waals surface area (Å²) >= 11 is 0. The Labute approximate surface area is 164 Å². The van der Waals surface area contributed by atoms with Crippen molar-refractivity contribution in [1.29, 1.82) is 0 Å². The van der Waals surface area contributed by atoms with Gasteiger partial charge in [0.05, 0.1) is 18.1 Å². The molecule has 0 saturated carbocycles. The summed E-state index contributed by atoms with van der Waals surface area (Å²) < 4.78 is 5.39. The van der Waals surface area contributed by atoms with Crippen LogP contribution in [0.25, 0.3) is 0 Å². The van der Waals surface area contributed by atoms with Gasteiger partial charge in [-0.15, -0.1) is 0 Å². The highest BCUT2D eigenvalue weighted by Crippen LogP contribution is 2.22. The average molecular weight is 383 g/mol. The lowest BCUT2D eigenvalue weighted by molar-refractivity contribution is -0.384. The standard InChI is InChI=1S/C20H25N5O3/c26-25(27)19-4-2-18(3-5-19)23-7-9-24(10-8-23)20-6-1-17(15-21-20)16-22-11-13-28-14-12-22/h1-6,15H,7-14,16H2. The molecule has 0 radical (unpaired) electrons. The molecule has 8 heteroatoms. The predicted molar refractivity (Wildman–Crippen MR) is 108 cm³/mol. The summed E-state index contributed by atoms with van der Waals surface area (Å²) in [5.74, 6) is 1.01. The fourth-order valence-electron chi connectivity index (χ4n) is 3.69. The Morgan fingerprint density at radius 3 is 2.21 bits per heavy atom. The third-order valence-corrected chi connectivity index (χ3v) is 5.35. The number of ether oxygens (including phenoxy) is 1. The number of morpholine rings is 1. The van der Waals surface area contributed by atoms with E-state index in [-0.39, 0.29) is 10.6 Å². The number of nitrogens with zero attached hydrogens (tertiary/aromatic N) is 5. The largest absolute Gasteiger partial charge is 0.379 e. The van der Waals surface area contributed by atoms with Gasteiger partial charge in [-0.05, 0) is 23.8 Å². The van der Waals surface area contributed by atoms with E-state index in [1.807, 2.05) is 18.3 Å². The van der Waals surface area contributed by atoms with Crippen LogP contribution in [0.1, 0.15) is 5.56 Å². The van der Waals surface area contributed by atoms with Crippen molar-refractivity contribution in [2.75, 3.05) is 62.3 Å². The highest BCUT2D eigenvalue weighted by Gasteiger charge is 2.19. The van der Waals surface area contributed by atoms with Gasteiger partial charge in [-0.3, -0.25) is 15.0 Å².